The van der Waals surface area contributed by atoms with E-state index in [-0.39, 0.29) is 0 Å². The molecule has 1 aromatic carbocycles. The van der Waals surface area contributed by atoms with E-state index in [0.29, 0.717) is 12.0 Å². The summed E-state index contributed by atoms with van der Waals surface area (Å²) in [7, 11) is -0.672. The van der Waals surface area contributed by atoms with Crippen molar-refractivity contribution < 1.29 is 4.21 Å². The van der Waals surface area contributed by atoms with Crippen LogP contribution < -0.4 is 5.32 Å². The van der Waals surface area contributed by atoms with E-state index in [1.807, 2.05) is 11.8 Å². The van der Waals surface area contributed by atoms with Crippen molar-refractivity contribution in [3.8, 4) is 0 Å². The molecule has 3 atom stereocenters. The van der Waals surface area contributed by atoms with Gasteiger partial charge < -0.3 is 5.32 Å². The van der Waals surface area contributed by atoms with Gasteiger partial charge in [-0.1, -0.05) is 18.2 Å². The maximum Gasteiger partial charge on any atom is 0.0246 e. The molecule has 0 saturated heterocycles. The minimum absolute atomic E-state index is 0.451. The Morgan fingerprint density at radius 2 is 2.28 bits per heavy atom. The largest absolute Gasteiger partial charge is 0.314 e. The highest BCUT2D eigenvalue weighted by Gasteiger charge is 2.22. The van der Waals surface area contributed by atoms with Gasteiger partial charge in [-0.2, -0.15) is 0 Å². The lowest BCUT2D eigenvalue weighted by Crippen LogP contribution is -2.31. The number of hydrogen-bond donors (Lipinski definition) is 1. The maximum atomic E-state index is 11.1. The minimum Gasteiger partial charge on any atom is -0.314 e. The number of benzene rings is 1. The summed E-state index contributed by atoms with van der Waals surface area (Å²) in [4.78, 5) is 1.44. The van der Waals surface area contributed by atoms with Crippen LogP contribution in [0.1, 0.15) is 24.8 Å². The molecular formula is C14H21NOS2. The van der Waals surface area contributed by atoms with Crippen LogP contribution in [0, 0.1) is 0 Å². The molecule has 1 aliphatic heterocycles. The Hall–Kier alpha value is -0.320. The summed E-state index contributed by atoms with van der Waals surface area (Å²) in [5.74, 6) is 2.60. The van der Waals surface area contributed by atoms with Crippen molar-refractivity contribution in [2.75, 3.05) is 24.3 Å². The molecule has 0 aromatic heterocycles. The van der Waals surface area contributed by atoms with Crippen LogP contribution in [0.15, 0.2) is 29.2 Å². The molecule has 4 heteroatoms. The number of rotatable bonds is 6. The van der Waals surface area contributed by atoms with Crippen molar-refractivity contribution >= 4 is 22.6 Å². The van der Waals surface area contributed by atoms with E-state index in [4.69, 9.17) is 0 Å². The Kier molecular flexibility index (Phi) is 5.27. The number of thioether (sulfide) groups is 1. The van der Waals surface area contributed by atoms with Gasteiger partial charge in [0.25, 0.3) is 0 Å². The quantitative estimate of drug-likeness (QED) is 0.870. The van der Waals surface area contributed by atoms with Gasteiger partial charge in [0.05, 0.1) is 0 Å². The SMILES string of the molecule is CC(CCS(C)=O)NCC1CSc2ccccc21. The van der Waals surface area contributed by atoms with Crippen LogP contribution in [0.25, 0.3) is 0 Å². The van der Waals surface area contributed by atoms with Crippen molar-refractivity contribution in [2.24, 2.45) is 0 Å². The molecule has 3 unspecified atom stereocenters. The fourth-order valence-electron chi connectivity index (χ4n) is 2.19. The van der Waals surface area contributed by atoms with Crippen molar-refractivity contribution in [2.45, 2.75) is 30.2 Å². The molecule has 0 radical (unpaired) electrons. The number of fused-ring (bicyclic) bond motifs is 1. The average Bonchev–Trinajstić information content (AvgIpc) is 2.77. The van der Waals surface area contributed by atoms with Gasteiger partial charge in [-0.3, -0.25) is 4.21 Å². The van der Waals surface area contributed by atoms with Gasteiger partial charge in [0.2, 0.25) is 0 Å². The van der Waals surface area contributed by atoms with Gasteiger partial charge in [0, 0.05) is 52.0 Å². The molecule has 1 aliphatic rings. The third kappa shape index (κ3) is 3.84. The Balaban J connectivity index is 1.80. The molecule has 0 spiro atoms. The van der Waals surface area contributed by atoms with E-state index in [9.17, 15) is 4.21 Å². The van der Waals surface area contributed by atoms with Crippen LogP contribution in [0.2, 0.25) is 0 Å². The molecule has 100 valence electrons. The van der Waals surface area contributed by atoms with Crippen LogP contribution >= 0.6 is 11.8 Å². The molecule has 1 heterocycles. The first-order valence-corrected chi connectivity index (χ1v) is 9.13. The fraction of sp³-hybridized carbons (Fsp3) is 0.571. The molecule has 0 fully saturated rings. The van der Waals surface area contributed by atoms with Gasteiger partial charge in [0.15, 0.2) is 0 Å². The monoisotopic (exact) mass is 283 g/mol. The molecule has 18 heavy (non-hydrogen) atoms. The first-order valence-electron chi connectivity index (χ1n) is 6.42. The summed E-state index contributed by atoms with van der Waals surface area (Å²) in [5.41, 5.74) is 1.49. The summed E-state index contributed by atoms with van der Waals surface area (Å²) in [6, 6.07) is 9.14. The van der Waals surface area contributed by atoms with E-state index in [2.05, 4.69) is 36.5 Å². The lowest BCUT2D eigenvalue weighted by Gasteiger charge is -2.17. The normalized spacial score (nSPS) is 21.6. The van der Waals surface area contributed by atoms with E-state index in [1.165, 1.54) is 16.2 Å². The summed E-state index contributed by atoms with van der Waals surface area (Å²) < 4.78 is 11.1. The van der Waals surface area contributed by atoms with Crippen LogP contribution in [0.4, 0.5) is 0 Å². The molecule has 0 saturated carbocycles. The Bertz CT molecular complexity index is 422. The minimum atomic E-state index is -0.672. The smallest absolute Gasteiger partial charge is 0.0246 e. The lowest BCUT2D eigenvalue weighted by atomic mass is 10.0. The molecule has 1 aromatic rings. The van der Waals surface area contributed by atoms with Crippen molar-refractivity contribution in [1.29, 1.82) is 0 Å². The Labute approximate surface area is 116 Å². The zero-order valence-corrected chi connectivity index (χ0v) is 12.7. The van der Waals surface area contributed by atoms with E-state index in [1.54, 1.807) is 6.26 Å². The Morgan fingerprint density at radius 3 is 3.06 bits per heavy atom. The molecule has 0 bridgehead atoms. The zero-order valence-electron chi connectivity index (χ0n) is 11.0. The highest BCUT2D eigenvalue weighted by atomic mass is 32.2. The predicted molar refractivity (Wildman–Crippen MR) is 80.9 cm³/mol. The first-order chi connectivity index (χ1) is 8.66. The maximum absolute atomic E-state index is 11.1. The molecule has 0 amide bonds. The standard InChI is InChI=1S/C14H21NOS2/c1-11(7-8-18(2)16)15-9-12-10-17-14-6-4-3-5-13(12)14/h3-6,11-12,15H,7-10H2,1-2H3. The lowest BCUT2D eigenvalue weighted by molar-refractivity contribution is 0.511. The Morgan fingerprint density at radius 1 is 1.50 bits per heavy atom. The van der Waals surface area contributed by atoms with Crippen LogP contribution in [-0.2, 0) is 10.8 Å². The van der Waals surface area contributed by atoms with Gasteiger partial charge in [-0.05, 0) is 25.0 Å². The number of hydrogen-bond acceptors (Lipinski definition) is 3. The fourth-order valence-corrected chi connectivity index (χ4v) is 4.13. The third-order valence-corrected chi connectivity index (χ3v) is 5.41. The zero-order chi connectivity index (χ0) is 13.0. The van der Waals surface area contributed by atoms with Gasteiger partial charge in [-0.15, -0.1) is 11.8 Å². The van der Waals surface area contributed by atoms with Gasteiger partial charge in [-0.25, -0.2) is 0 Å². The molecule has 0 aliphatic carbocycles. The summed E-state index contributed by atoms with van der Waals surface area (Å²) >= 11 is 1.96. The summed E-state index contributed by atoms with van der Waals surface area (Å²) in [6.07, 6.45) is 2.77. The van der Waals surface area contributed by atoms with E-state index >= 15 is 0 Å². The van der Waals surface area contributed by atoms with Gasteiger partial charge >= 0.3 is 0 Å². The van der Waals surface area contributed by atoms with Crippen LogP contribution in [0.5, 0.6) is 0 Å². The second-order valence-corrected chi connectivity index (χ2v) is 7.54. The number of nitrogens with one attached hydrogen (secondary N) is 1. The van der Waals surface area contributed by atoms with Crippen molar-refractivity contribution in [1.82, 2.24) is 5.32 Å². The van der Waals surface area contributed by atoms with Gasteiger partial charge in [0.1, 0.15) is 0 Å². The van der Waals surface area contributed by atoms with E-state index in [0.717, 1.165) is 18.7 Å². The molecule has 1 N–H and O–H groups in total. The molecular weight excluding hydrogens is 262 g/mol. The van der Waals surface area contributed by atoms with Crippen LogP contribution in [-0.4, -0.2) is 34.6 Å². The highest BCUT2D eigenvalue weighted by Crippen LogP contribution is 2.38. The molecule has 2 rings (SSSR count). The van der Waals surface area contributed by atoms with Crippen molar-refractivity contribution in [3.05, 3.63) is 29.8 Å². The van der Waals surface area contributed by atoms with Crippen LogP contribution in [0.3, 0.4) is 0 Å². The van der Waals surface area contributed by atoms with E-state index < -0.39 is 10.8 Å². The average molecular weight is 283 g/mol. The topological polar surface area (TPSA) is 29.1 Å². The third-order valence-electron chi connectivity index (χ3n) is 3.35. The first kappa shape index (κ1) is 14.1. The summed E-state index contributed by atoms with van der Waals surface area (Å²) in [6.45, 7) is 3.21. The molecule has 2 nitrogen and oxygen atoms in total. The summed E-state index contributed by atoms with van der Waals surface area (Å²) in [5, 5.41) is 3.57. The highest BCUT2D eigenvalue weighted by molar-refractivity contribution is 7.99. The van der Waals surface area contributed by atoms with Crippen molar-refractivity contribution in [3.63, 3.8) is 0 Å². The second kappa shape index (κ2) is 6.73. The predicted octanol–water partition coefficient (Wildman–Crippen LogP) is 2.62. The second-order valence-electron chi connectivity index (χ2n) is 4.92.